The number of ether oxygens (including phenoxy) is 1. The van der Waals surface area contributed by atoms with Gasteiger partial charge in [-0.05, 0) is 39.8 Å². The van der Waals surface area contributed by atoms with E-state index in [0.29, 0.717) is 0 Å². The number of pyridine rings is 1. The third kappa shape index (κ3) is 4.84. The first-order valence-corrected chi connectivity index (χ1v) is 10.9. The monoisotopic (exact) mass is 487 g/mol. The van der Waals surface area contributed by atoms with Crippen LogP contribution < -0.4 is 4.90 Å². The summed E-state index contributed by atoms with van der Waals surface area (Å²) in [6.45, 7) is 7.91. The Morgan fingerprint density at radius 3 is 2.57 bits per heavy atom. The topological polar surface area (TPSA) is 100 Å². The van der Waals surface area contributed by atoms with Crippen LogP contribution in [0.1, 0.15) is 38.8 Å². The van der Waals surface area contributed by atoms with E-state index in [-0.39, 0.29) is 53.9 Å². The van der Waals surface area contributed by atoms with Crippen LogP contribution >= 0.6 is 0 Å². The molecule has 3 aromatic rings. The van der Waals surface area contributed by atoms with Gasteiger partial charge >= 0.3 is 12.3 Å². The molecule has 0 bridgehead atoms. The highest BCUT2D eigenvalue weighted by Crippen LogP contribution is 2.40. The molecule has 1 saturated heterocycles. The minimum atomic E-state index is -4.68. The lowest BCUT2D eigenvalue weighted by Gasteiger charge is -2.41. The summed E-state index contributed by atoms with van der Waals surface area (Å²) in [5.41, 5.74) is -1.29. The van der Waals surface area contributed by atoms with E-state index >= 15 is 0 Å². The van der Waals surface area contributed by atoms with E-state index in [4.69, 9.17) is 4.74 Å². The van der Waals surface area contributed by atoms with Gasteiger partial charge in [-0.25, -0.2) is 19.7 Å². The Hall–Kier alpha value is -3.88. The van der Waals surface area contributed by atoms with Crippen LogP contribution in [0.25, 0.3) is 16.9 Å². The van der Waals surface area contributed by atoms with E-state index < -0.39 is 23.4 Å². The summed E-state index contributed by atoms with van der Waals surface area (Å²) in [5, 5.41) is 9.02. The minimum Gasteiger partial charge on any atom is -0.444 e. The number of halogens is 3. The number of hydrogen-bond donors (Lipinski definition) is 0. The quantitative estimate of drug-likeness (QED) is 0.535. The number of amides is 1. The third-order valence-electron chi connectivity index (χ3n) is 5.54. The lowest BCUT2D eigenvalue weighted by molar-refractivity contribution is -0.136. The lowest BCUT2D eigenvalue weighted by atomic mass is 10.1. The molecule has 0 spiro atoms. The van der Waals surface area contributed by atoms with Crippen LogP contribution in [0.15, 0.2) is 30.9 Å². The second-order valence-electron chi connectivity index (χ2n) is 9.29. The largest absolute Gasteiger partial charge is 0.444 e. The average Bonchev–Trinajstić information content (AvgIpc) is 3.18. The lowest BCUT2D eigenvalue weighted by Crippen LogP contribution is -2.55. The van der Waals surface area contributed by atoms with Gasteiger partial charge in [-0.15, -0.1) is 0 Å². The van der Waals surface area contributed by atoms with Gasteiger partial charge < -0.3 is 14.5 Å². The van der Waals surface area contributed by atoms with Crippen molar-refractivity contribution in [2.24, 2.45) is 0 Å². The molecule has 184 valence electrons. The number of piperazine rings is 1. The van der Waals surface area contributed by atoms with Gasteiger partial charge in [-0.3, -0.25) is 4.57 Å². The molecule has 3 aromatic heterocycles. The zero-order valence-electron chi connectivity index (χ0n) is 19.7. The number of nitrogens with zero attached hydrogens (tertiary/aromatic N) is 7. The fourth-order valence-electron chi connectivity index (χ4n) is 4.04. The molecule has 12 heteroatoms. The zero-order chi connectivity index (χ0) is 25.5. The highest BCUT2D eigenvalue weighted by Gasteiger charge is 2.39. The molecular formula is C23H24F3N7O2. The average molecular weight is 487 g/mol. The summed E-state index contributed by atoms with van der Waals surface area (Å²) >= 11 is 0. The van der Waals surface area contributed by atoms with Gasteiger partial charge in [0.05, 0.1) is 22.6 Å². The maximum absolute atomic E-state index is 14.1. The van der Waals surface area contributed by atoms with Crippen molar-refractivity contribution in [3.63, 3.8) is 0 Å². The fraction of sp³-hybridized carbons (Fsp3) is 0.435. The number of rotatable bonds is 2. The van der Waals surface area contributed by atoms with Gasteiger partial charge in [-0.1, -0.05) is 0 Å². The summed E-state index contributed by atoms with van der Waals surface area (Å²) in [6, 6.07) is 4.48. The molecule has 9 nitrogen and oxygen atoms in total. The van der Waals surface area contributed by atoms with Crippen LogP contribution in [0, 0.1) is 11.3 Å². The van der Waals surface area contributed by atoms with E-state index in [2.05, 4.69) is 15.0 Å². The van der Waals surface area contributed by atoms with Crippen molar-refractivity contribution in [3.8, 4) is 11.9 Å². The molecule has 0 aliphatic carbocycles. The van der Waals surface area contributed by atoms with E-state index in [1.807, 2.05) is 13.0 Å². The SMILES string of the molecule is C[C@H]1CN(C(=O)OC(C)(C)C)CCN1c1ncnc2c1c(C(F)(F)F)cn2-c1cc(C#N)ccn1. The molecule has 1 aliphatic rings. The molecule has 1 aliphatic heterocycles. The number of hydrogen-bond acceptors (Lipinski definition) is 7. The minimum absolute atomic E-state index is 0.0201. The fourth-order valence-corrected chi connectivity index (χ4v) is 4.04. The van der Waals surface area contributed by atoms with Gasteiger partial charge in [0.25, 0.3) is 0 Å². The predicted octanol–water partition coefficient (Wildman–Crippen LogP) is 4.15. The van der Waals surface area contributed by atoms with Gasteiger partial charge in [-0.2, -0.15) is 18.4 Å². The van der Waals surface area contributed by atoms with Crippen LogP contribution in [-0.2, 0) is 10.9 Å². The van der Waals surface area contributed by atoms with Crippen molar-refractivity contribution in [1.29, 1.82) is 5.26 Å². The normalized spacial score (nSPS) is 16.9. The van der Waals surface area contributed by atoms with Crippen LogP contribution in [0.5, 0.6) is 0 Å². The number of carbonyl (C=O) groups excluding carboxylic acids is 1. The van der Waals surface area contributed by atoms with Crippen LogP contribution in [0.4, 0.5) is 23.8 Å². The van der Waals surface area contributed by atoms with Crippen molar-refractivity contribution in [1.82, 2.24) is 24.4 Å². The number of nitriles is 1. The second-order valence-corrected chi connectivity index (χ2v) is 9.29. The molecule has 1 atom stereocenters. The molecule has 0 N–H and O–H groups in total. The molecular weight excluding hydrogens is 463 g/mol. The molecule has 4 rings (SSSR count). The Morgan fingerprint density at radius 1 is 1.20 bits per heavy atom. The van der Waals surface area contributed by atoms with Crippen molar-refractivity contribution >= 4 is 22.9 Å². The number of anilines is 1. The summed E-state index contributed by atoms with van der Waals surface area (Å²) in [7, 11) is 0. The number of alkyl halides is 3. The van der Waals surface area contributed by atoms with Crippen molar-refractivity contribution < 1.29 is 22.7 Å². The van der Waals surface area contributed by atoms with Crippen LogP contribution in [0.3, 0.4) is 0 Å². The van der Waals surface area contributed by atoms with Crippen molar-refractivity contribution in [3.05, 3.63) is 42.0 Å². The standard InChI is InChI=1S/C23H24F3N7O2/c1-14-11-31(21(34)35-22(2,3)4)7-8-32(14)19-18-16(23(24,25)26)12-33(20(18)30-13-29-19)17-9-15(10-27)5-6-28-17/h5-6,9,12-14H,7-8,11H2,1-4H3/t14-/m0/s1. The van der Waals surface area contributed by atoms with Gasteiger partial charge in [0.15, 0.2) is 5.65 Å². The molecule has 1 fully saturated rings. The van der Waals surface area contributed by atoms with E-state index in [9.17, 15) is 23.2 Å². The van der Waals surface area contributed by atoms with Crippen LogP contribution in [-0.4, -0.2) is 61.8 Å². The smallest absolute Gasteiger partial charge is 0.418 e. The van der Waals surface area contributed by atoms with Gasteiger partial charge in [0, 0.05) is 38.1 Å². The molecule has 0 radical (unpaired) electrons. The summed E-state index contributed by atoms with van der Waals surface area (Å²) in [6.07, 6.45) is -1.67. The molecule has 0 aromatic carbocycles. The summed E-state index contributed by atoms with van der Waals surface area (Å²) in [4.78, 5) is 28.2. The Bertz CT molecular complexity index is 1310. The first-order chi connectivity index (χ1) is 16.4. The highest BCUT2D eigenvalue weighted by molar-refractivity contribution is 5.93. The van der Waals surface area contributed by atoms with E-state index in [1.54, 1.807) is 25.7 Å². The molecule has 35 heavy (non-hydrogen) atoms. The number of fused-ring (bicyclic) bond motifs is 1. The molecule has 0 saturated carbocycles. The Kier molecular flexibility index (Phi) is 6.04. The maximum Gasteiger partial charge on any atom is 0.418 e. The third-order valence-corrected chi connectivity index (χ3v) is 5.54. The Labute approximate surface area is 199 Å². The first kappa shape index (κ1) is 24.3. The first-order valence-electron chi connectivity index (χ1n) is 10.9. The molecule has 4 heterocycles. The molecule has 1 amide bonds. The maximum atomic E-state index is 14.1. The Balaban J connectivity index is 1.76. The van der Waals surface area contributed by atoms with E-state index in [1.165, 1.54) is 34.1 Å². The summed E-state index contributed by atoms with van der Waals surface area (Å²) < 4.78 is 49.0. The highest BCUT2D eigenvalue weighted by atomic mass is 19.4. The van der Waals surface area contributed by atoms with Gasteiger partial charge in [0.2, 0.25) is 0 Å². The molecule has 0 unspecified atom stereocenters. The van der Waals surface area contributed by atoms with Crippen molar-refractivity contribution in [2.75, 3.05) is 24.5 Å². The predicted molar refractivity (Wildman–Crippen MR) is 121 cm³/mol. The number of carbonyl (C=O) groups is 1. The number of aromatic nitrogens is 4. The van der Waals surface area contributed by atoms with E-state index in [0.717, 1.165) is 6.20 Å². The Morgan fingerprint density at radius 2 is 1.94 bits per heavy atom. The van der Waals surface area contributed by atoms with Gasteiger partial charge in [0.1, 0.15) is 23.6 Å². The van der Waals surface area contributed by atoms with Crippen LogP contribution in [0.2, 0.25) is 0 Å². The summed E-state index contributed by atoms with van der Waals surface area (Å²) in [5.74, 6) is 0.255. The van der Waals surface area contributed by atoms with Crippen molar-refractivity contribution in [2.45, 2.75) is 45.5 Å². The second kappa shape index (κ2) is 8.72. The zero-order valence-corrected chi connectivity index (χ0v) is 19.7.